The van der Waals surface area contributed by atoms with Crippen LogP contribution in [0.4, 0.5) is 4.39 Å². The molecule has 3 aromatic heterocycles. The molecule has 0 aliphatic rings. The molecule has 0 saturated carbocycles. The van der Waals surface area contributed by atoms with Crippen molar-refractivity contribution in [2.24, 2.45) is 7.05 Å². The number of aromatic amines is 1. The van der Waals surface area contributed by atoms with Crippen LogP contribution in [0.1, 0.15) is 5.56 Å². The number of halogens is 2. The third kappa shape index (κ3) is 2.59. The first-order valence-corrected chi connectivity index (χ1v) is 9.40. The number of rotatable bonds is 3. The van der Waals surface area contributed by atoms with E-state index in [0.717, 1.165) is 5.56 Å². The first-order chi connectivity index (χ1) is 14.5. The second-order valence-corrected chi connectivity index (χ2v) is 7.21. The van der Waals surface area contributed by atoms with Crippen molar-refractivity contribution in [1.29, 1.82) is 0 Å². The van der Waals surface area contributed by atoms with Gasteiger partial charge in [-0.1, -0.05) is 48.0 Å². The van der Waals surface area contributed by atoms with Crippen molar-refractivity contribution < 1.29 is 4.39 Å². The lowest BCUT2D eigenvalue weighted by atomic mass is 10.2. The summed E-state index contributed by atoms with van der Waals surface area (Å²) in [6, 6.07) is 13.6. The summed E-state index contributed by atoms with van der Waals surface area (Å²) in [7, 11) is 1.54. The molecular formula is C20H14ClFN6O2. The Morgan fingerprint density at radius 1 is 1.07 bits per heavy atom. The first-order valence-electron chi connectivity index (χ1n) is 9.02. The summed E-state index contributed by atoms with van der Waals surface area (Å²) in [6.45, 7) is -0.0628. The fraction of sp³-hybridized carbons (Fsp3) is 0.100. The molecule has 150 valence electrons. The molecule has 0 aliphatic heterocycles. The summed E-state index contributed by atoms with van der Waals surface area (Å²) in [4.78, 5) is 27.4. The number of nitrogens with zero attached hydrogens (tertiary/aromatic N) is 5. The third-order valence-electron chi connectivity index (χ3n) is 5.05. The molecule has 0 bridgehead atoms. The average molecular weight is 425 g/mol. The molecule has 2 aromatic carbocycles. The topological polar surface area (TPSA) is 90.0 Å². The molecule has 10 heteroatoms. The summed E-state index contributed by atoms with van der Waals surface area (Å²) in [5, 5.41) is 8.72. The van der Waals surface area contributed by atoms with E-state index in [1.165, 1.54) is 28.3 Å². The van der Waals surface area contributed by atoms with Gasteiger partial charge in [-0.3, -0.25) is 18.9 Å². The number of fused-ring (bicyclic) bond motifs is 3. The molecule has 0 spiro atoms. The van der Waals surface area contributed by atoms with E-state index in [4.69, 9.17) is 11.6 Å². The summed E-state index contributed by atoms with van der Waals surface area (Å²) in [5.74, 6) is 0.232. The predicted molar refractivity (Wildman–Crippen MR) is 110 cm³/mol. The normalized spacial score (nSPS) is 11.6. The van der Waals surface area contributed by atoms with Crippen molar-refractivity contribution in [3.63, 3.8) is 0 Å². The lowest BCUT2D eigenvalue weighted by Crippen LogP contribution is -2.29. The van der Waals surface area contributed by atoms with E-state index in [1.807, 2.05) is 30.3 Å². The maximum atomic E-state index is 14.5. The van der Waals surface area contributed by atoms with Gasteiger partial charge in [0.25, 0.3) is 5.56 Å². The molecule has 5 rings (SSSR count). The molecule has 8 nitrogen and oxygen atoms in total. The minimum atomic E-state index is -0.606. The van der Waals surface area contributed by atoms with Gasteiger partial charge in [-0.05, 0) is 12.1 Å². The molecule has 3 heterocycles. The van der Waals surface area contributed by atoms with Gasteiger partial charge >= 0.3 is 5.69 Å². The number of aryl methyl sites for hydroxylation is 1. The molecule has 0 fully saturated rings. The SMILES string of the molecule is Cn1c(=O)[nH]c(=O)c2c1n1c(-c3ccccc3)nnc1n2Cc1c(F)cccc1Cl. The van der Waals surface area contributed by atoms with Crippen LogP contribution in [-0.2, 0) is 13.6 Å². The van der Waals surface area contributed by atoms with Gasteiger partial charge < -0.3 is 0 Å². The van der Waals surface area contributed by atoms with Gasteiger partial charge in [0.15, 0.2) is 17.0 Å². The Kier molecular flexibility index (Phi) is 4.07. The number of imidazole rings is 1. The standard InChI is InChI=1S/C20H14ClFN6O2/c1-26-18-15(17(29)23-20(26)30)27(10-12-13(21)8-5-9-14(12)22)19-25-24-16(28(18)19)11-6-3-2-4-7-11/h2-9H,10H2,1H3,(H,23,29,30). The smallest absolute Gasteiger partial charge is 0.298 e. The van der Waals surface area contributed by atoms with Crippen molar-refractivity contribution in [3.8, 4) is 11.4 Å². The second-order valence-electron chi connectivity index (χ2n) is 6.80. The number of benzene rings is 2. The van der Waals surface area contributed by atoms with E-state index < -0.39 is 17.1 Å². The van der Waals surface area contributed by atoms with Crippen molar-refractivity contribution in [1.82, 2.24) is 28.7 Å². The Balaban J connectivity index is 1.92. The Morgan fingerprint density at radius 3 is 2.57 bits per heavy atom. The zero-order valence-corrected chi connectivity index (χ0v) is 16.4. The Labute approximate surface area is 172 Å². The zero-order valence-electron chi connectivity index (χ0n) is 15.6. The fourth-order valence-electron chi connectivity index (χ4n) is 3.61. The summed E-state index contributed by atoms with van der Waals surface area (Å²) in [5.41, 5.74) is 0.235. The van der Waals surface area contributed by atoms with Crippen molar-refractivity contribution in [3.05, 3.63) is 85.8 Å². The van der Waals surface area contributed by atoms with Gasteiger partial charge in [0, 0.05) is 23.2 Å². The highest BCUT2D eigenvalue weighted by Crippen LogP contribution is 2.27. The highest BCUT2D eigenvalue weighted by atomic mass is 35.5. The van der Waals surface area contributed by atoms with Gasteiger partial charge in [-0.2, -0.15) is 0 Å². The van der Waals surface area contributed by atoms with Crippen LogP contribution in [0.3, 0.4) is 0 Å². The van der Waals surface area contributed by atoms with E-state index >= 15 is 0 Å². The van der Waals surface area contributed by atoms with Crippen molar-refractivity contribution in [2.45, 2.75) is 6.54 Å². The second kappa shape index (κ2) is 6.67. The molecule has 0 saturated heterocycles. The fourth-order valence-corrected chi connectivity index (χ4v) is 3.83. The van der Waals surface area contributed by atoms with Crippen LogP contribution in [-0.4, -0.2) is 28.7 Å². The zero-order chi connectivity index (χ0) is 21.0. The molecule has 0 unspecified atom stereocenters. The maximum Gasteiger partial charge on any atom is 0.329 e. The van der Waals surface area contributed by atoms with E-state index in [2.05, 4.69) is 15.2 Å². The molecule has 0 aliphatic carbocycles. The predicted octanol–water partition coefficient (Wildman–Crippen LogP) is 2.58. The summed E-state index contributed by atoms with van der Waals surface area (Å²) in [6.07, 6.45) is 0. The lowest BCUT2D eigenvalue weighted by molar-refractivity contribution is 0.603. The maximum absolute atomic E-state index is 14.5. The lowest BCUT2D eigenvalue weighted by Gasteiger charge is -2.08. The Morgan fingerprint density at radius 2 is 1.83 bits per heavy atom. The molecule has 0 amide bonds. The van der Waals surface area contributed by atoms with Crippen LogP contribution < -0.4 is 11.2 Å². The highest BCUT2D eigenvalue weighted by Gasteiger charge is 2.24. The largest absolute Gasteiger partial charge is 0.329 e. The van der Waals surface area contributed by atoms with Crippen molar-refractivity contribution in [2.75, 3.05) is 0 Å². The van der Waals surface area contributed by atoms with Gasteiger partial charge in [0.05, 0.1) is 6.54 Å². The van der Waals surface area contributed by atoms with Gasteiger partial charge in [-0.25, -0.2) is 13.6 Å². The number of aromatic nitrogens is 6. The number of H-pyrrole nitrogens is 1. The van der Waals surface area contributed by atoms with Crippen LogP contribution in [0.2, 0.25) is 5.02 Å². The Hall–Kier alpha value is -3.72. The third-order valence-corrected chi connectivity index (χ3v) is 5.40. The minimum Gasteiger partial charge on any atom is -0.298 e. The quantitative estimate of drug-likeness (QED) is 0.482. The number of nitrogens with one attached hydrogen (secondary N) is 1. The molecular weight excluding hydrogens is 411 g/mol. The minimum absolute atomic E-state index is 0.0628. The van der Waals surface area contributed by atoms with Crippen LogP contribution in [0.15, 0.2) is 58.1 Å². The molecule has 1 N–H and O–H groups in total. The van der Waals surface area contributed by atoms with E-state index in [-0.39, 0.29) is 28.4 Å². The van der Waals surface area contributed by atoms with Crippen molar-refractivity contribution >= 4 is 28.5 Å². The van der Waals surface area contributed by atoms with Gasteiger partial charge in [0.2, 0.25) is 5.78 Å². The Bertz CT molecular complexity index is 1530. The van der Waals surface area contributed by atoms with Crippen LogP contribution in [0.5, 0.6) is 0 Å². The van der Waals surface area contributed by atoms with Crippen LogP contribution >= 0.6 is 11.6 Å². The number of hydrogen-bond donors (Lipinski definition) is 1. The number of hydrogen-bond acceptors (Lipinski definition) is 4. The summed E-state index contributed by atoms with van der Waals surface area (Å²) < 4.78 is 18.9. The summed E-state index contributed by atoms with van der Waals surface area (Å²) >= 11 is 6.21. The molecule has 30 heavy (non-hydrogen) atoms. The van der Waals surface area contributed by atoms with Crippen LogP contribution in [0, 0.1) is 5.82 Å². The average Bonchev–Trinajstić information content (AvgIpc) is 3.29. The van der Waals surface area contributed by atoms with E-state index in [1.54, 1.807) is 10.5 Å². The monoisotopic (exact) mass is 424 g/mol. The molecule has 0 atom stereocenters. The van der Waals surface area contributed by atoms with Gasteiger partial charge in [-0.15, -0.1) is 10.2 Å². The molecule has 5 aromatic rings. The molecule has 0 radical (unpaired) electrons. The van der Waals surface area contributed by atoms with E-state index in [9.17, 15) is 14.0 Å². The highest BCUT2D eigenvalue weighted by molar-refractivity contribution is 6.31. The van der Waals surface area contributed by atoms with Crippen LogP contribution in [0.25, 0.3) is 28.3 Å². The van der Waals surface area contributed by atoms with Gasteiger partial charge in [0.1, 0.15) is 5.82 Å². The first kappa shape index (κ1) is 18.3. The van der Waals surface area contributed by atoms with E-state index in [0.29, 0.717) is 11.5 Å².